The summed E-state index contributed by atoms with van der Waals surface area (Å²) < 4.78 is 15.0. The van der Waals surface area contributed by atoms with Crippen LogP contribution in [0.15, 0.2) is 121 Å². The van der Waals surface area contributed by atoms with Crippen LogP contribution in [0.2, 0.25) is 5.02 Å². The fourth-order valence-electron chi connectivity index (χ4n) is 5.18. The van der Waals surface area contributed by atoms with Gasteiger partial charge in [-0.3, -0.25) is 14.2 Å². The molecule has 1 amide bonds. The number of hydrogen-bond acceptors (Lipinski definition) is 6. The number of ether oxygens (including phenoxy) is 2. The molecule has 7 nitrogen and oxygen atoms in total. The molecule has 0 saturated heterocycles. The molecule has 0 aliphatic carbocycles. The number of para-hydroxylation sites is 1. The van der Waals surface area contributed by atoms with E-state index in [1.54, 1.807) is 18.6 Å². The van der Waals surface area contributed by atoms with E-state index in [4.69, 9.17) is 26.1 Å². The molecule has 5 aromatic rings. The van der Waals surface area contributed by atoms with E-state index in [2.05, 4.69) is 37.2 Å². The number of thiazole rings is 1. The topological polar surface area (TPSA) is 81.9 Å². The quantitative estimate of drug-likeness (QED) is 0.176. The van der Waals surface area contributed by atoms with E-state index in [0.29, 0.717) is 58.4 Å². The predicted octanol–water partition coefficient (Wildman–Crippen LogP) is 7.64. The summed E-state index contributed by atoms with van der Waals surface area (Å²) in [6.45, 7) is 2.08. The number of carbonyl (C=O) groups excluding carboxylic acids is 1. The van der Waals surface area contributed by atoms with Crippen molar-refractivity contribution in [2.75, 3.05) is 12.4 Å². The van der Waals surface area contributed by atoms with E-state index in [-0.39, 0.29) is 11.5 Å². The smallest absolute Gasteiger partial charge is 0.271 e. The summed E-state index contributed by atoms with van der Waals surface area (Å²) in [4.78, 5) is 33.2. The fraction of sp³-hybridized carbons (Fsp3) is 0.114. The largest absolute Gasteiger partial charge is 0.497 e. The average Bonchev–Trinajstić information content (AvgIpc) is 3.34. The number of nitrogens with one attached hydrogen (secondary N) is 1. The summed E-state index contributed by atoms with van der Waals surface area (Å²) >= 11 is 14.8. The Balaban J connectivity index is 1.40. The number of hydrogen-bond donors (Lipinski definition) is 1. The van der Waals surface area contributed by atoms with Crippen LogP contribution in [0.3, 0.4) is 0 Å². The van der Waals surface area contributed by atoms with Gasteiger partial charge in [-0.25, -0.2) is 4.99 Å². The molecule has 4 aromatic carbocycles. The fourth-order valence-corrected chi connectivity index (χ4v) is 7.86. The van der Waals surface area contributed by atoms with E-state index < -0.39 is 6.04 Å². The Morgan fingerprint density at radius 3 is 2.46 bits per heavy atom. The highest BCUT2D eigenvalue weighted by Crippen LogP contribution is 2.36. The number of methoxy groups -OCH3 is 1. The van der Waals surface area contributed by atoms with Crippen LogP contribution in [0.5, 0.6) is 11.5 Å². The molecule has 0 unspecified atom stereocenters. The maximum atomic E-state index is 14.2. The molecule has 6 rings (SSSR count). The molecular formula is C35H26Br2ClN3O4S. The molecule has 0 radical (unpaired) electrons. The van der Waals surface area contributed by atoms with Gasteiger partial charge in [0.15, 0.2) is 4.80 Å². The highest BCUT2D eigenvalue weighted by atomic mass is 79.9. The maximum Gasteiger partial charge on any atom is 0.271 e. The van der Waals surface area contributed by atoms with Crippen LogP contribution in [0.1, 0.15) is 29.7 Å². The molecule has 1 aliphatic rings. The molecule has 1 atom stereocenters. The van der Waals surface area contributed by atoms with Gasteiger partial charge in [0.05, 0.1) is 37.9 Å². The van der Waals surface area contributed by atoms with Crippen LogP contribution in [0.25, 0.3) is 6.08 Å². The van der Waals surface area contributed by atoms with Crippen molar-refractivity contribution in [1.82, 2.24) is 4.57 Å². The second-order valence-electron chi connectivity index (χ2n) is 10.4. The number of amides is 1. The van der Waals surface area contributed by atoms with Crippen molar-refractivity contribution in [2.45, 2.75) is 19.6 Å². The lowest BCUT2D eigenvalue weighted by molar-refractivity contribution is -0.113. The summed E-state index contributed by atoms with van der Waals surface area (Å²) in [5, 5.41) is 3.60. The Morgan fingerprint density at radius 1 is 1.02 bits per heavy atom. The summed E-state index contributed by atoms with van der Waals surface area (Å²) in [6, 6.07) is 27.1. The lowest BCUT2D eigenvalue weighted by Gasteiger charge is -2.25. The van der Waals surface area contributed by atoms with Crippen molar-refractivity contribution in [3.05, 3.63) is 153 Å². The van der Waals surface area contributed by atoms with E-state index in [1.807, 2.05) is 97.1 Å². The van der Waals surface area contributed by atoms with Crippen molar-refractivity contribution in [3.8, 4) is 11.5 Å². The second kappa shape index (κ2) is 13.8. The average molecular weight is 780 g/mol. The number of rotatable bonds is 8. The number of anilines is 1. The van der Waals surface area contributed by atoms with Gasteiger partial charge >= 0.3 is 0 Å². The van der Waals surface area contributed by atoms with Crippen LogP contribution in [0.4, 0.5) is 5.69 Å². The molecule has 46 heavy (non-hydrogen) atoms. The molecule has 0 bridgehead atoms. The standard InChI is InChI=1S/C35H26Br2ClN3O4S/c1-20-30(33(42)40-24-11-4-3-5-12-24)31(22-10-8-13-25(18-22)44-2)41-34(43)29(46-35(41)39-20)17-21-15-26(36)32(27(37)16-21)45-19-23-9-6-7-14-28(23)38/h3-18,31H,19H2,1-2H3,(H,40,42)/b29-17-/t31-/m0/s1. The summed E-state index contributed by atoms with van der Waals surface area (Å²) in [7, 11) is 1.58. The zero-order valence-corrected chi connectivity index (χ0v) is 29.3. The number of carbonyl (C=O) groups is 1. The lowest BCUT2D eigenvalue weighted by atomic mass is 9.95. The number of aromatic nitrogens is 1. The van der Waals surface area contributed by atoms with Gasteiger partial charge in [-0.2, -0.15) is 0 Å². The molecule has 0 spiro atoms. The first-order valence-corrected chi connectivity index (χ1v) is 16.9. The zero-order valence-electron chi connectivity index (χ0n) is 24.6. The third kappa shape index (κ3) is 6.62. The van der Waals surface area contributed by atoms with Crippen molar-refractivity contribution in [3.63, 3.8) is 0 Å². The molecule has 11 heteroatoms. The van der Waals surface area contributed by atoms with Gasteiger partial charge in [0.2, 0.25) is 0 Å². The van der Waals surface area contributed by atoms with Crippen LogP contribution < -0.4 is 29.7 Å². The van der Waals surface area contributed by atoms with Crippen molar-refractivity contribution in [2.24, 2.45) is 4.99 Å². The van der Waals surface area contributed by atoms with Gasteiger partial charge < -0.3 is 14.8 Å². The van der Waals surface area contributed by atoms with Gasteiger partial charge in [-0.1, -0.05) is 71.5 Å². The Bertz CT molecular complexity index is 2160. The van der Waals surface area contributed by atoms with E-state index >= 15 is 0 Å². The summed E-state index contributed by atoms with van der Waals surface area (Å²) in [5.74, 6) is 0.889. The predicted molar refractivity (Wildman–Crippen MR) is 189 cm³/mol. The Hall–Kier alpha value is -3.96. The first-order valence-electron chi connectivity index (χ1n) is 14.1. The molecular weight excluding hydrogens is 754 g/mol. The molecule has 1 N–H and O–H groups in total. The third-order valence-electron chi connectivity index (χ3n) is 7.36. The van der Waals surface area contributed by atoms with Gasteiger partial charge in [0.1, 0.15) is 18.1 Å². The summed E-state index contributed by atoms with van der Waals surface area (Å²) in [5.41, 5.74) is 3.65. The van der Waals surface area contributed by atoms with Crippen LogP contribution >= 0.6 is 54.8 Å². The lowest BCUT2D eigenvalue weighted by Crippen LogP contribution is -2.40. The van der Waals surface area contributed by atoms with Crippen LogP contribution in [-0.4, -0.2) is 17.6 Å². The minimum Gasteiger partial charge on any atom is -0.497 e. The monoisotopic (exact) mass is 777 g/mol. The summed E-state index contributed by atoms with van der Waals surface area (Å²) in [6.07, 6.45) is 1.81. The van der Waals surface area contributed by atoms with Crippen molar-refractivity contribution < 1.29 is 14.3 Å². The first-order chi connectivity index (χ1) is 22.2. The molecule has 2 heterocycles. The Morgan fingerprint density at radius 2 is 1.74 bits per heavy atom. The number of halogens is 3. The Kier molecular flexibility index (Phi) is 9.60. The number of allylic oxidation sites excluding steroid dienone is 1. The van der Waals surface area contributed by atoms with Gasteiger partial charge in [0, 0.05) is 16.3 Å². The SMILES string of the molecule is COc1cccc([C@H]2C(C(=O)Nc3ccccc3)=C(C)N=c3s/c(=C\c4cc(Br)c(OCc5ccccc5Cl)c(Br)c4)c(=O)n32)c1. The molecule has 0 saturated carbocycles. The van der Waals surface area contributed by atoms with Gasteiger partial charge in [0.25, 0.3) is 11.5 Å². The molecule has 1 aromatic heterocycles. The number of nitrogens with zero attached hydrogens (tertiary/aromatic N) is 2. The Labute approximate surface area is 290 Å². The molecule has 232 valence electrons. The van der Waals surface area contributed by atoms with Crippen molar-refractivity contribution in [1.29, 1.82) is 0 Å². The second-order valence-corrected chi connectivity index (χ2v) is 13.5. The highest BCUT2D eigenvalue weighted by Gasteiger charge is 2.32. The van der Waals surface area contributed by atoms with Crippen molar-refractivity contribution >= 4 is 72.5 Å². The van der Waals surface area contributed by atoms with E-state index in [9.17, 15) is 9.59 Å². The van der Waals surface area contributed by atoms with Gasteiger partial charge in [-0.05, 0) is 98.5 Å². The normalized spacial score (nSPS) is 14.5. The molecule has 1 aliphatic heterocycles. The highest BCUT2D eigenvalue weighted by molar-refractivity contribution is 9.11. The van der Waals surface area contributed by atoms with Crippen LogP contribution in [-0.2, 0) is 11.4 Å². The van der Waals surface area contributed by atoms with Gasteiger partial charge in [-0.15, -0.1) is 0 Å². The molecule has 0 fully saturated rings. The minimum atomic E-state index is -0.726. The van der Waals surface area contributed by atoms with Crippen LogP contribution in [0, 0.1) is 0 Å². The number of benzene rings is 4. The van der Waals surface area contributed by atoms with E-state index in [1.165, 1.54) is 11.3 Å². The zero-order chi connectivity index (χ0) is 32.4. The maximum absolute atomic E-state index is 14.2. The van der Waals surface area contributed by atoms with E-state index in [0.717, 1.165) is 16.7 Å². The first kappa shape index (κ1) is 32.0. The third-order valence-corrected chi connectivity index (χ3v) is 9.89. The number of fused-ring (bicyclic) bond motifs is 1. The minimum absolute atomic E-state index is 0.264.